The highest BCUT2D eigenvalue weighted by Crippen LogP contribution is 2.27. The second kappa shape index (κ2) is 8.42. The maximum Gasteiger partial charge on any atom is 0.267 e. The highest BCUT2D eigenvalue weighted by Gasteiger charge is 2.21. The number of amides is 1. The lowest BCUT2D eigenvalue weighted by Crippen LogP contribution is -2.47. The van der Waals surface area contributed by atoms with E-state index in [1.54, 1.807) is 11.6 Å². The van der Waals surface area contributed by atoms with Gasteiger partial charge in [0.05, 0.1) is 0 Å². The predicted molar refractivity (Wildman–Crippen MR) is 112 cm³/mol. The third kappa shape index (κ3) is 4.16. The summed E-state index contributed by atoms with van der Waals surface area (Å²) in [4.78, 5) is 16.2. The molecule has 1 saturated heterocycles. The molecule has 0 radical (unpaired) electrons. The van der Waals surface area contributed by atoms with Gasteiger partial charge in [-0.05, 0) is 35.3 Å². The van der Waals surface area contributed by atoms with E-state index in [9.17, 15) is 4.79 Å². The molecule has 0 aromatic heterocycles. The molecule has 0 unspecified atom stereocenters. The van der Waals surface area contributed by atoms with E-state index >= 15 is 0 Å². The van der Waals surface area contributed by atoms with E-state index in [1.807, 2.05) is 18.2 Å². The molecule has 1 aliphatic heterocycles. The summed E-state index contributed by atoms with van der Waals surface area (Å²) in [6, 6.07) is 16.7. The average Bonchev–Trinajstić information content (AvgIpc) is 3.15. The van der Waals surface area contributed by atoms with Crippen molar-refractivity contribution < 1.29 is 10.0 Å². The van der Waals surface area contributed by atoms with Crippen molar-refractivity contribution in [2.45, 2.75) is 6.42 Å². The lowest BCUT2D eigenvalue weighted by molar-refractivity contribution is -0.124. The fourth-order valence-electron chi connectivity index (χ4n) is 4.01. The Bertz CT molecular complexity index is 912. The van der Waals surface area contributed by atoms with Gasteiger partial charge in [0.2, 0.25) is 0 Å². The van der Waals surface area contributed by atoms with Crippen LogP contribution in [0.15, 0.2) is 60.2 Å². The van der Waals surface area contributed by atoms with Crippen LogP contribution >= 0.6 is 0 Å². The van der Waals surface area contributed by atoms with Gasteiger partial charge in [-0.1, -0.05) is 54.1 Å². The molecule has 2 aromatic carbocycles. The largest absolute Gasteiger partial charge is 0.368 e. The van der Waals surface area contributed by atoms with Crippen molar-refractivity contribution in [1.82, 2.24) is 10.4 Å². The van der Waals surface area contributed by atoms with Gasteiger partial charge >= 0.3 is 0 Å². The van der Waals surface area contributed by atoms with Crippen LogP contribution in [0.25, 0.3) is 12.2 Å². The number of hydroxylamine groups is 1. The Morgan fingerprint density at radius 2 is 1.79 bits per heavy atom. The molecule has 0 atom stereocenters. The van der Waals surface area contributed by atoms with Gasteiger partial charge in [0.1, 0.15) is 0 Å². The maximum atomic E-state index is 11.3. The molecule has 0 saturated carbocycles. The summed E-state index contributed by atoms with van der Waals surface area (Å²) >= 11 is 0. The molecular formula is C23H25N3O2. The second-order valence-corrected chi connectivity index (χ2v) is 7.31. The summed E-state index contributed by atoms with van der Waals surface area (Å²) in [7, 11) is 0. The molecule has 1 fully saturated rings. The Morgan fingerprint density at radius 3 is 2.57 bits per heavy atom. The molecule has 2 aromatic rings. The number of fused-ring (bicyclic) bond motifs is 1. The number of nitrogens with one attached hydrogen (secondary N) is 1. The van der Waals surface area contributed by atoms with Crippen molar-refractivity contribution in [3.63, 3.8) is 0 Å². The van der Waals surface area contributed by atoms with E-state index in [0.29, 0.717) is 0 Å². The number of benzene rings is 2. The van der Waals surface area contributed by atoms with E-state index < -0.39 is 5.91 Å². The fraction of sp³-hybridized carbons (Fsp3) is 0.261. The van der Waals surface area contributed by atoms with Gasteiger partial charge in [-0.3, -0.25) is 14.9 Å². The van der Waals surface area contributed by atoms with Crippen LogP contribution in [-0.2, 0) is 11.2 Å². The number of para-hydroxylation sites is 1. The molecule has 0 spiro atoms. The van der Waals surface area contributed by atoms with Gasteiger partial charge < -0.3 is 4.90 Å². The Morgan fingerprint density at radius 1 is 1.04 bits per heavy atom. The Kier molecular flexibility index (Phi) is 5.55. The minimum absolute atomic E-state index is 0.523. The van der Waals surface area contributed by atoms with Crippen LogP contribution < -0.4 is 10.4 Å². The van der Waals surface area contributed by atoms with Crippen LogP contribution in [0.3, 0.4) is 0 Å². The van der Waals surface area contributed by atoms with Crippen molar-refractivity contribution in [3.8, 4) is 0 Å². The quantitative estimate of drug-likeness (QED) is 0.479. The van der Waals surface area contributed by atoms with Crippen LogP contribution in [0.1, 0.15) is 16.7 Å². The summed E-state index contributed by atoms with van der Waals surface area (Å²) in [5.41, 5.74) is 8.02. The number of hydrogen-bond acceptors (Lipinski definition) is 4. The SMILES string of the molecule is O=C(/C=C/c1ccccc1N1CCN(CC2=Cc3ccccc3C2)CC1)NO. The molecule has 144 valence electrons. The van der Waals surface area contributed by atoms with Gasteiger partial charge in [0.15, 0.2) is 0 Å². The molecular weight excluding hydrogens is 350 g/mol. The van der Waals surface area contributed by atoms with Gasteiger partial charge in [-0.2, -0.15) is 0 Å². The van der Waals surface area contributed by atoms with Crippen molar-refractivity contribution >= 4 is 23.7 Å². The molecule has 1 heterocycles. The summed E-state index contributed by atoms with van der Waals surface area (Å²) in [6.45, 7) is 4.97. The third-order valence-electron chi connectivity index (χ3n) is 5.43. The van der Waals surface area contributed by atoms with E-state index in [4.69, 9.17) is 5.21 Å². The molecule has 2 aliphatic rings. The number of piperazine rings is 1. The number of nitrogens with zero attached hydrogens (tertiary/aromatic N) is 2. The fourth-order valence-corrected chi connectivity index (χ4v) is 4.01. The zero-order valence-corrected chi connectivity index (χ0v) is 15.8. The van der Waals surface area contributed by atoms with Crippen molar-refractivity contribution in [2.75, 3.05) is 37.6 Å². The minimum Gasteiger partial charge on any atom is -0.368 e. The highest BCUT2D eigenvalue weighted by atomic mass is 16.5. The van der Waals surface area contributed by atoms with Crippen molar-refractivity contribution in [1.29, 1.82) is 0 Å². The maximum absolute atomic E-state index is 11.3. The average molecular weight is 375 g/mol. The van der Waals surface area contributed by atoms with Gasteiger partial charge in [0, 0.05) is 44.5 Å². The number of hydrogen-bond donors (Lipinski definition) is 2. The van der Waals surface area contributed by atoms with Crippen LogP contribution in [0.4, 0.5) is 5.69 Å². The van der Waals surface area contributed by atoms with Gasteiger partial charge in [-0.15, -0.1) is 0 Å². The van der Waals surface area contributed by atoms with E-state index in [-0.39, 0.29) is 0 Å². The van der Waals surface area contributed by atoms with Crippen LogP contribution in [0.5, 0.6) is 0 Å². The summed E-state index contributed by atoms with van der Waals surface area (Å²) in [6.07, 6.45) is 6.50. The van der Waals surface area contributed by atoms with Crippen molar-refractivity contribution in [3.05, 3.63) is 76.9 Å². The zero-order chi connectivity index (χ0) is 19.3. The lowest BCUT2D eigenvalue weighted by atomic mass is 10.1. The Hall–Kier alpha value is -2.89. The molecule has 1 aliphatic carbocycles. The first-order valence-corrected chi connectivity index (χ1v) is 9.69. The molecule has 5 nitrogen and oxygen atoms in total. The first-order chi connectivity index (χ1) is 13.7. The molecule has 0 bridgehead atoms. The van der Waals surface area contributed by atoms with E-state index in [1.165, 1.54) is 22.8 Å². The normalized spacial score (nSPS) is 16.9. The summed E-state index contributed by atoms with van der Waals surface area (Å²) < 4.78 is 0. The van der Waals surface area contributed by atoms with E-state index in [2.05, 4.69) is 46.2 Å². The highest BCUT2D eigenvalue weighted by molar-refractivity contribution is 5.91. The monoisotopic (exact) mass is 375 g/mol. The number of carbonyl (C=O) groups is 1. The first kappa shape index (κ1) is 18.5. The van der Waals surface area contributed by atoms with Crippen LogP contribution in [-0.4, -0.2) is 48.7 Å². The minimum atomic E-state index is -0.523. The number of carbonyl (C=O) groups excluding carboxylic acids is 1. The van der Waals surface area contributed by atoms with Crippen LogP contribution in [0, 0.1) is 0 Å². The predicted octanol–water partition coefficient (Wildman–Crippen LogP) is 2.97. The standard InChI is InChI=1S/C23H25N3O2/c27-23(24-28)10-9-19-5-3-4-8-22(19)26-13-11-25(12-14-26)17-18-15-20-6-1-2-7-21(20)16-18/h1-10,15,28H,11-14,16-17H2,(H,24,27)/b10-9+. The first-order valence-electron chi connectivity index (χ1n) is 9.69. The molecule has 1 amide bonds. The Balaban J connectivity index is 1.36. The molecule has 28 heavy (non-hydrogen) atoms. The lowest BCUT2D eigenvalue weighted by Gasteiger charge is -2.37. The molecule has 2 N–H and O–H groups in total. The zero-order valence-electron chi connectivity index (χ0n) is 15.8. The Labute approximate surface area is 165 Å². The van der Waals surface area contributed by atoms with Gasteiger partial charge in [0.25, 0.3) is 5.91 Å². The number of anilines is 1. The van der Waals surface area contributed by atoms with Crippen LogP contribution in [0.2, 0.25) is 0 Å². The molecule has 5 heteroatoms. The summed E-state index contributed by atoms with van der Waals surface area (Å²) in [5.74, 6) is -0.523. The topological polar surface area (TPSA) is 55.8 Å². The van der Waals surface area contributed by atoms with E-state index in [0.717, 1.165) is 50.4 Å². The third-order valence-corrected chi connectivity index (χ3v) is 5.43. The number of rotatable bonds is 5. The smallest absolute Gasteiger partial charge is 0.267 e. The van der Waals surface area contributed by atoms with Gasteiger partial charge in [-0.25, -0.2) is 5.48 Å². The summed E-state index contributed by atoms with van der Waals surface area (Å²) in [5, 5.41) is 8.66. The molecule has 4 rings (SSSR count). The van der Waals surface area contributed by atoms with Crippen molar-refractivity contribution in [2.24, 2.45) is 0 Å². The second-order valence-electron chi connectivity index (χ2n) is 7.31.